The van der Waals surface area contributed by atoms with Gasteiger partial charge >= 0.3 is 0 Å². The Labute approximate surface area is 94.8 Å². The summed E-state index contributed by atoms with van der Waals surface area (Å²) < 4.78 is 0. The van der Waals surface area contributed by atoms with Crippen molar-refractivity contribution in [1.29, 1.82) is 5.26 Å². The maximum atomic E-state index is 11.1. The van der Waals surface area contributed by atoms with Crippen molar-refractivity contribution in [2.45, 2.75) is 13.8 Å². The van der Waals surface area contributed by atoms with Crippen LogP contribution in [0.3, 0.4) is 0 Å². The first-order valence-corrected chi connectivity index (χ1v) is 5.27. The van der Waals surface area contributed by atoms with Gasteiger partial charge in [-0.2, -0.15) is 5.26 Å². The van der Waals surface area contributed by atoms with Crippen LogP contribution in [0.5, 0.6) is 0 Å². The predicted octanol–water partition coefficient (Wildman–Crippen LogP) is 1.56. The van der Waals surface area contributed by atoms with E-state index in [0.717, 1.165) is 13.1 Å². The van der Waals surface area contributed by atoms with Crippen LogP contribution in [0.2, 0.25) is 0 Å². The minimum absolute atomic E-state index is 0.196. The molecule has 1 N–H and O–H groups in total. The molecule has 16 heavy (non-hydrogen) atoms. The molecule has 0 spiro atoms. The van der Waals surface area contributed by atoms with E-state index in [4.69, 9.17) is 5.26 Å². The number of aromatic amines is 1. The number of hydrogen-bond acceptors (Lipinski definition) is 3. The summed E-state index contributed by atoms with van der Waals surface area (Å²) in [4.78, 5) is 15.8. The molecule has 0 atom stereocenters. The monoisotopic (exact) mass is 217 g/mol. The lowest BCUT2D eigenvalue weighted by Gasteiger charge is -2.14. The first-order valence-electron chi connectivity index (χ1n) is 5.27. The molecule has 0 saturated carbocycles. The van der Waals surface area contributed by atoms with Gasteiger partial charge in [-0.05, 0) is 26.0 Å². The number of hydrogen-bond donors (Lipinski definition) is 1. The molecule has 1 aromatic heterocycles. The number of aromatic nitrogens is 1. The predicted molar refractivity (Wildman–Crippen MR) is 63.7 cm³/mol. The molecule has 1 heterocycles. The molecule has 0 saturated heterocycles. The zero-order chi connectivity index (χ0) is 12.0. The van der Waals surface area contributed by atoms with Crippen molar-refractivity contribution in [3.8, 4) is 6.07 Å². The van der Waals surface area contributed by atoms with E-state index in [0.29, 0.717) is 11.3 Å². The molecule has 4 heteroatoms. The number of rotatable bonds is 4. The van der Waals surface area contributed by atoms with Crippen molar-refractivity contribution in [1.82, 2.24) is 9.88 Å². The van der Waals surface area contributed by atoms with Crippen LogP contribution in [0, 0.1) is 11.3 Å². The van der Waals surface area contributed by atoms with Crippen LogP contribution >= 0.6 is 0 Å². The molecule has 0 bridgehead atoms. The van der Waals surface area contributed by atoms with Gasteiger partial charge in [0.05, 0.1) is 11.3 Å². The summed E-state index contributed by atoms with van der Waals surface area (Å²) in [5, 5.41) is 8.87. The molecule has 0 radical (unpaired) electrons. The van der Waals surface area contributed by atoms with Crippen molar-refractivity contribution >= 4 is 6.08 Å². The highest BCUT2D eigenvalue weighted by Crippen LogP contribution is 2.04. The minimum Gasteiger partial charge on any atom is -0.378 e. The summed E-state index contributed by atoms with van der Waals surface area (Å²) in [5.41, 5.74) is 0.836. The second-order valence-electron chi connectivity index (χ2n) is 3.30. The number of nitrogens with zero attached hydrogens (tertiary/aromatic N) is 2. The molecule has 1 rings (SSSR count). The average Bonchev–Trinajstić information content (AvgIpc) is 2.30. The Morgan fingerprint density at radius 1 is 1.44 bits per heavy atom. The van der Waals surface area contributed by atoms with Crippen LogP contribution < -0.4 is 5.56 Å². The highest BCUT2D eigenvalue weighted by Gasteiger charge is 1.99. The molecule has 0 unspecified atom stereocenters. The zero-order valence-corrected chi connectivity index (χ0v) is 9.53. The van der Waals surface area contributed by atoms with Gasteiger partial charge in [-0.1, -0.05) is 0 Å². The van der Waals surface area contributed by atoms with Crippen LogP contribution in [-0.2, 0) is 0 Å². The summed E-state index contributed by atoms with van der Waals surface area (Å²) in [6.45, 7) is 5.89. The van der Waals surface area contributed by atoms with Crippen LogP contribution in [-0.4, -0.2) is 23.0 Å². The van der Waals surface area contributed by atoms with E-state index in [9.17, 15) is 4.79 Å². The third-order valence-corrected chi connectivity index (χ3v) is 2.33. The van der Waals surface area contributed by atoms with E-state index >= 15 is 0 Å². The van der Waals surface area contributed by atoms with Gasteiger partial charge in [0.15, 0.2) is 0 Å². The number of nitriles is 1. The standard InChI is InChI=1S/C12H15N3O/c1-3-15(4-2)8-7-11-10(9-13)5-6-12(16)14-11/h5-8H,3-4H2,1-2H3,(H,14,16)/b8-7+. The van der Waals surface area contributed by atoms with Gasteiger partial charge in [0.1, 0.15) is 6.07 Å². The van der Waals surface area contributed by atoms with Gasteiger partial charge in [-0.3, -0.25) is 4.79 Å². The summed E-state index contributed by atoms with van der Waals surface area (Å²) >= 11 is 0. The topological polar surface area (TPSA) is 59.9 Å². The lowest BCUT2D eigenvalue weighted by Crippen LogP contribution is -2.15. The fourth-order valence-electron chi connectivity index (χ4n) is 1.33. The average molecular weight is 217 g/mol. The van der Waals surface area contributed by atoms with Gasteiger partial charge in [0, 0.05) is 25.4 Å². The van der Waals surface area contributed by atoms with Gasteiger partial charge < -0.3 is 9.88 Å². The highest BCUT2D eigenvalue weighted by molar-refractivity contribution is 5.53. The fourth-order valence-corrected chi connectivity index (χ4v) is 1.33. The van der Waals surface area contributed by atoms with Crippen LogP contribution in [0.4, 0.5) is 0 Å². The zero-order valence-electron chi connectivity index (χ0n) is 9.53. The lowest BCUT2D eigenvalue weighted by molar-refractivity contribution is 0.421. The molecule has 0 amide bonds. The summed E-state index contributed by atoms with van der Waals surface area (Å²) in [6, 6.07) is 4.93. The molecule has 0 aliphatic rings. The third-order valence-electron chi connectivity index (χ3n) is 2.33. The van der Waals surface area contributed by atoms with Crippen molar-refractivity contribution in [2.24, 2.45) is 0 Å². The van der Waals surface area contributed by atoms with E-state index in [1.165, 1.54) is 12.1 Å². The van der Waals surface area contributed by atoms with Gasteiger partial charge in [0.25, 0.3) is 0 Å². The molecule has 1 aromatic rings. The smallest absolute Gasteiger partial charge is 0.248 e. The summed E-state index contributed by atoms with van der Waals surface area (Å²) in [7, 11) is 0. The van der Waals surface area contributed by atoms with Crippen molar-refractivity contribution in [2.75, 3.05) is 13.1 Å². The minimum atomic E-state index is -0.196. The largest absolute Gasteiger partial charge is 0.378 e. The molecular formula is C12H15N3O. The molecule has 0 fully saturated rings. The summed E-state index contributed by atoms with van der Waals surface area (Å²) in [5.74, 6) is 0. The Hall–Kier alpha value is -2.02. The first-order chi connectivity index (χ1) is 7.71. The quantitative estimate of drug-likeness (QED) is 0.832. The number of H-pyrrole nitrogens is 1. The van der Waals surface area contributed by atoms with E-state index in [1.54, 1.807) is 6.08 Å². The normalized spacial score (nSPS) is 10.3. The van der Waals surface area contributed by atoms with Crippen molar-refractivity contribution < 1.29 is 0 Å². The van der Waals surface area contributed by atoms with E-state index < -0.39 is 0 Å². The Morgan fingerprint density at radius 3 is 2.69 bits per heavy atom. The van der Waals surface area contributed by atoms with Crippen LogP contribution in [0.1, 0.15) is 25.1 Å². The van der Waals surface area contributed by atoms with Gasteiger partial charge in [0.2, 0.25) is 5.56 Å². The Balaban J connectivity index is 3.00. The molecule has 0 aromatic carbocycles. The van der Waals surface area contributed by atoms with E-state index in [1.807, 2.05) is 26.1 Å². The first kappa shape index (κ1) is 12.1. The molecule has 4 nitrogen and oxygen atoms in total. The second kappa shape index (κ2) is 5.76. The van der Waals surface area contributed by atoms with Crippen LogP contribution in [0.15, 0.2) is 23.1 Å². The Bertz CT molecular complexity index is 464. The molecule has 0 aliphatic heterocycles. The van der Waals surface area contributed by atoms with Crippen molar-refractivity contribution in [3.05, 3.63) is 39.9 Å². The Kier molecular flexibility index (Phi) is 4.34. The summed E-state index contributed by atoms with van der Waals surface area (Å²) in [6.07, 6.45) is 3.64. The van der Waals surface area contributed by atoms with E-state index in [2.05, 4.69) is 9.88 Å². The van der Waals surface area contributed by atoms with Gasteiger partial charge in [-0.15, -0.1) is 0 Å². The lowest BCUT2D eigenvalue weighted by atomic mass is 10.2. The molecule has 0 aliphatic carbocycles. The third kappa shape index (κ3) is 2.99. The van der Waals surface area contributed by atoms with Gasteiger partial charge in [-0.25, -0.2) is 0 Å². The van der Waals surface area contributed by atoms with E-state index in [-0.39, 0.29) is 5.56 Å². The highest BCUT2D eigenvalue weighted by atomic mass is 16.1. The molecule has 84 valence electrons. The number of nitrogens with one attached hydrogen (secondary N) is 1. The number of pyridine rings is 1. The van der Waals surface area contributed by atoms with Crippen LogP contribution in [0.25, 0.3) is 6.08 Å². The second-order valence-corrected chi connectivity index (χ2v) is 3.30. The maximum Gasteiger partial charge on any atom is 0.248 e. The SMILES string of the molecule is CCN(/C=C/c1[nH]c(=O)ccc1C#N)CC. The Morgan fingerprint density at radius 2 is 2.12 bits per heavy atom. The fraction of sp³-hybridized carbons (Fsp3) is 0.333. The van der Waals surface area contributed by atoms with Crippen molar-refractivity contribution in [3.63, 3.8) is 0 Å². The maximum absolute atomic E-state index is 11.1. The molecular weight excluding hydrogens is 202 g/mol.